The van der Waals surface area contributed by atoms with Gasteiger partial charge in [-0.25, -0.2) is 17.9 Å². The van der Waals surface area contributed by atoms with Gasteiger partial charge in [-0.2, -0.15) is 0 Å². The van der Waals surface area contributed by atoms with Crippen LogP contribution in [0.1, 0.15) is 57.9 Å². The molecule has 0 heterocycles. The van der Waals surface area contributed by atoms with Crippen molar-refractivity contribution in [2.24, 2.45) is 0 Å². The number of esters is 1. The Kier molecular flexibility index (Phi) is 11.4. The van der Waals surface area contributed by atoms with E-state index in [1.54, 1.807) is 31.2 Å². The van der Waals surface area contributed by atoms with E-state index in [0.29, 0.717) is 30.2 Å². The van der Waals surface area contributed by atoms with Crippen LogP contribution in [0.2, 0.25) is 5.02 Å². The van der Waals surface area contributed by atoms with Gasteiger partial charge in [0.1, 0.15) is 0 Å². The summed E-state index contributed by atoms with van der Waals surface area (Å²) in [6.07, 6.45) is 6.10. The number of carbonyl (C=O) groups is 2. The summed E-state index contributed by atoms with van der Waals surface area (Å²) in [5.74, 6) is -0.174. The predicted molar refractivity (Wildman–Crippen MR) is 115 cm³/mol. The van der Waals surface area contributed by atoms with Crippen LogP contribution in [-0.4, -0.2) is 33.6 Å². The van der Waals surface area contributed by atoms with Gasteiger partial charge in [-0.1, -0.05) is 43.0 Å². The first kappa shape index (κ1) is 25.0. The molecule has 162 valence electrons. The van der Waals surface area contributed by atoms with Gasteiger partial charge in [-0.05, 0) is 50.5 Å². The molecule has 2 amide bonds. The fraction of sp³-hybridized carbons (Fsp3) is 0.500. The van der Waals surface area contributed by atoms with Crippen LogP contribution >= 0.6 is 11.6 Å². The highest BCUT2D eigenvalue weighted by atomic mass is 35.5. The van der Waals surface area contributed by atoms with Crippen molar-refractivity contribution in [2.75, 3.05) is 13.2 Å². The Balaban J connectivity index is 2.27. The lowest BCUT2D eigenvalue weighted by atomic mass is 10.1. The molecule has 1 aromatic carbocycles. The largest absolute Gasteiger partial charge is 0.466 e. The van der Waals surface area contributed by atoms with Gasteiger partial charge in [-0.15, -0.1) is 0 Å². The topological polar surface area (TPSA) is 102 Å². The van der Waals surface area contributed by atoms with E-state index in [1.807, 2.05) is 4.72 Å². The second-order valence-corrected chi connectivity index (χ2v) is 8.79. The monoisotopic (exact) mass is 444 g/mol. The summed E-state index contributed by atoms with van der Waals surface area (Å²) in [7, 11) is -3.93. The first-order chi connectivity index (χ1) is 13.7. The standard InChI is InChI=1S/C20H29ClN2O5S/c1-3-28-19(24)12-7-5-4-6-8-13-22-20(25)23-29(26,27)16(2)14-17-10-9-11-18(21)15-17/h9-11,14-15H,3-8,12-13H2,1-2H3,(H2,22,23,25). The molecule has 9 heteroatoms. The highest BCUT2D eigenvalue weighted by Crippen LogP contribution is 2.15. The zero-order valence-electron chi connectivity index (χ0n) is 16.9. The van der Waals surface area contributed by atoms with Gasteiger partial charge in [0.15, 0.2) is 0 Å². The van der Waals surface area contributed by atoms with E-state index in [2.05, 4.69) is 5.32 Å². The maximum absolute atomic E-state index is 12.2. The molecule has 0 radical (unpaired) electrons. The van der Waals surface area contributed by atoms with Crippen LogP contribution in [0.3, 0.4) is 0 Å². The average molecular weight is 445 g/mol. The van der Waals surface area contributed by atoms with Crippen molar-refractivity contribution in [3.63, 3.8) is 0 Å². The quantitative estimate of drug-likeness (QED) is 0.371. The minimum absolute atomic E-state index is 0.0107. The predicted octanol–water partition coefficient (Wildman–Crippen LogP) is 4.23. The molecular weight excluding hydrogens is 416 g/mol. The zero-order valence-corrected chi connectivity index (χ0v) is 18.4. The molecule has 0 saturated heterocycles. The number of benzene rings is 1. The molecule has 0 saturated carbocycles. The van der Waals surface area contributed by atoms with E-state index in [-0.39, 0.29) is 10.9 Å². The lowest BCUT2D eigenvalue weighted by Gasteiger charge is -2.09. The van der Waals surface area contributed by atoms with Crippen LogP contribution in [0.25, 0.3) is 6.08 Å². The number of ether oxygens (including phenoxy) is 1. The number of hydrogen-bond acceptors (Lipinski definition) is 5. The SMILES string of the molecule is CCOC(=O)CCCCCCCNC(=O)NS(=O)(=O)C(C)=Cc1cccc(Cl)c1. The Morgan fingerprint density at radius 1 is 1.14 bits per heavy atom. The number of nitrogens with one attached hydrogen (secondary N) is 2. The number of unbranched alkanes of at least 4 members (excludes halogenated alkanes) is 4. The Morgan fingerprint density at radius 2 is 1.83 bits per heavy atom. The van der Waals surface area contributed by atoms with Gasteiger partial charge in [0.2, 0.25) is 0 Å². The van der Waals surface area contributed by atoms with Crippen LogP contribution in [0.5, 0.6) is 0 Å². The van der Waals surface area contributed by atoms with Crippen molar-refractivity contribution in [1.29, 1.82) is 0 Å². The average Bonchev–Trinajstić information content (AvgIpc) is 2.63. The molecule has 0 unspecified atom stereocenters. The summed E-state index contributed by atoms with van der Waals surface area (Å²) in [4.78, 5) is 23.0. The molecule has 0 aliphatic carbocycles. The van der Waals surface area contributed by atoms with E-state index in [9.17, 15) is 18.0 Å². The molecule has 0 bridgehead atoms. The summed E-state index contributed by atoms with van der Waals surface area (Å²) in [6.45, 7) is 3.96. The molecule has 0 aromatic heterocycles. The maximum atomic E-state index is 12.2. The van der Waals surface area contributed by atoms with Crippen LogP contribution < -0.4 is 10.0 Å². The Hall–Kier alpha value is -2.06. The molecule has 29 heavy (non-hydrogen) atoms. The third kappa shape index (κ3) is 10.9. The lowest BCUT2D eigenvalue weighted by molar-refractivity contribution is -0.143. The fourth-order valence-electron chi connectivity index (χ4n) is 2.51. The molecule has 0 aliphatic heterocycles. The van der Waals surface area contributed by atoms with E-state index in [0.717, 1.165) is 32.1 Å². The number of rotatable bonds is 12. The lowest BCUT2D eigenvalue weighted by Crippen LogP contribution is -2.39. The van der Waals surface area contributed by atoms with Gasteiger partial charge in [0.05, 0.1) is 11.5 Å². The van der Waals surface area contributed by atoms with Crippen LogP contribution in [0.15, 0.2) is 29.2 Å². The Bertz CT molecular complexity index is 809. The number of halogens is 1. The second kappa shape index (κ2) is 13.2. The molecule has 0 atom stereocenters. The number of urea groups is 1. The van der Waals surface area contributed by atoms with E-state index < -0.39 is 16.1 Å². The first-order valence-corrected chi connectivity index (χ1v) is 11.5. The normalized spacial score (nSPS) is 11.8. The van der Waals surface area contributed by atoms with Gasteiger partial charge >= 0.3 is 12.0 Å². The fourth-order valence-corrected chi connectivity index (χ4v) is 3.47. The number of allylic oxidation sites excluding steroid dienone is 1. The van der Waals surface area contributed by atoms with Crippen molar-refractivity contribution in [1.82, 2.24) is 10.0 Å². The molecule has 7 nitrogen and oxygen atoms in total. The van der Waals surface area contributed by atoms with Gasteiger partial charge < -0.3 is 10.1 Å². The summed E-state index contributed by atoms with van der Waals surface area (Å²) in [6, 6.07) is 6.00. The maximum Gasteiger partial charge on any atom is 0.328 e. The third-order valence-corrected chi connectivity index (χ3v) is 5.67. The number of sulfonamides is 1. The van der Waals surface area contributed by atoms with Gasteiger partial charge in [-0.3, -0.25) is 4.79 Å². The summed E-state index contributed by atoms with van der Waals surface area (Å²) < 4.78 is 31.3. The zero-order chi connectivity index (χ0) is 21.7. The Morgan fingerprint density at radius 3 is 2.52 bits per heavy atom. The molecule has 0 aliphatic rings. The molecular formula is C20H29ClN2O5S. The van der Waals surface area contributed by atoms with Crippen molar-refractivity contribution < 1.29 is 22.7 Å². The van der Waals surface area contributed by atoms with E-state index in [4.69, 9.17) is 16.3 Å². The molecule has 1 rings (SSSR count). The van der Waals surface area contributed by atoms with Crippen molar-refractivity contribution in [3.05, 3.63) is 39.8 Å². The number of hydrogen-bond donors (Lipinski definition) is 2. The van der Waals surface area contributed by atoms with E-state index in [1.165, 1.54) is 13.0 Å². The minimum Gasteiger partial charge on any atom is -0.466 e. The molecule has 0 fully saturated rings. The smallest absolute Gasteiger partial charge is 0.328 e. The molecule has 1 aromatic rings. The second-order valence-electron chi connectivity index (χ2n) is 6.49. The van der Waals surface area contributed by atoms with Crippen LogP contribution in [-0.2, 0) is 19.6 Å². The minimum atomic E-state index is -3.93. The summed E-state index contributed by atoms with van der Waals surface area (Å²) in [5.41, 5.74) is 0.628. The van der Waals surface area contributed by atoms with E-state index >= 15 is 0 Å². The van der Waals surface area contributed by atoms with Crippen LogP contribution in [0, 0.1) is 0 Å². The van der Waals surface area contributed by atoms with Gasteiger partial charge in [0.25, 0.3) is 10.0 Å². The summed E-state index contributed by atoms with van der Waals surface area (Å²) in [5, 5.41) is 3.04. The van der Waals surface area contributed by atoms with Crippen molar-refractivity contribution >= 4 is 39.7 Å². The molecule has 0 spiro atoms. The molecule has 2 N–H and O–H groups in total. The van der Waals surface area contributed by atoms with Crippen molar-refractivity contribution in [3.8, 4) is 0 Å². The van der Waals surface area contributed by atoms with Gasteiger partial charge in [0, 0.05) is 18.0 Å². The highest BCUT2D eigenvalue weighted by molar-refractivity contribution is 7.94. The van der Waals surface area contributed by atoms with Crippen LogP contribution in [0.4, 0.5) is 4.79 Å². The summed E-state index contributed by atoms with van der Waals surface area (Å²) >= 11 is 5.89. The Labute approximate surface area is 177 Å². The highest BCUT2D eigenvalue weighted by Gasteiger charge is 2.16. The number of carbonyl (C=O) groups excluding carboxylic acids is 2. The third-order valence-electron chi connectivity index (χ3n) is 4.02. The van der Waals surface area contributed by atoms with Crippen molar-refractivity contribution in [2.45, 2.75) is 52.4 Å². The first-order valence-electron chi connectivity index (χ1n) is 9.64. The number of amides is 2.